The number of nitrogens with one attached hydrogen (secondary N) is 1. The molecule has 14 heavy (non-hydrogen) atoms. The van der Waals surface area contributed by atoms with Gasteiger partial charge in [-0.05, 0) is 36.0 Å². The van der Waals surface area contributed by atoms with Crippen molar-refractivity contribution in [2.75, 3.05) is 5.75 Å². The highest BCUT2D eigenvalue weighted by Crippen LogP contribution is 2.61. The minimum Gasteiger partial charge on any atom is -0.212 e. The average molecular weight is 215 g/mol. The van der Waals surface area contributed by atoms with Crippen LogP contribution in [0.15, 0.2) is 0 Å². The molecule has 2 bridgehead atoms. The third kappa shape index (κ3) is 0.936. The Morgan fingerprint density at radius 1 is 1.21 bits per heavy atom. The maximum atomic E-state index is 11.5. The van der Waals surface area contributed by atoms with Gasteiger partial charge in [0.15, 0.2) is 0 Å². The van der Waals surface area contributed by atoms with Crippen LogP contribution in [-0.2, 0) is 10.0 Å². The topological polar surface area (TPSA) is 46.2 Å². The quantitative estimate of drug-likeness (QED) is 0.654. The summed E-state index contributed by atoms with van der Waals surface area (Å²) in [5.74, 6) is 1.98. The van der Waals surface area contributed by atoms with Gasteiger partial charge in [-0.25, -0.2) is 13.1 Å². The van der Waals surface area contributed by atoms with Crippen LogP contribution in [0.25, 0.3) is 0 Å². The zero-order valence-electron chi connectivity index (χ0n) is 8.66. The Morgan fingerprint density at radius 3 is 2.50 bits per heavy atom. The van der Waals surface area contributed by atoms with Crippen molar-refractivity contribution in [1.29, 1.82) is 0 Å². The first-order valence-electron chi connectivity index (χ1n) is 5.42. The van der Waals surface area contributed by atoms with Crippen LogP contribution in [0.4, 0.5) is 0 Å². The molecule has 2 aliphatic carbocycles. The van der Waals surface area contributed by atoms with Crippen molar-refractivity contribution in [2.24, 2.45) is 23.2 Å². The summed E-state index contributed by atoms with van der Waals surface area (Å²) in [4.78, 5) is 0. The highest BCUT2D eigenvalue weighted by molar-refractivity contribution is 7.89. The Kier molecular flexibility index (Phi) is 1.54. The van der Waals surface area contributed by atoms with E-state index in [-0.39, 0.29) is 6.04 Å². The lowest BCUT2D eigenvalue weighted by Gasteiger charge is -2.26. The molecule has 0 spiro atoms. The van der Waals surface area contributed by atoms with E-state index in [9.17, 15) is 8.42 Å². The molecular weight excluding hydrogens is 198 g/mol. The molecule has 0 unspecified atom stereocenters. The van der Waals surface area contributed by atoms with E-state index in [2.05, 4.69) is 18.6 Å². The van der Waals surface area contributed by atoms with Crippen LogP contribution in [-0.4, -0.2) is 20.2 Å². The second-order valence-corrected chi connectivity index (χ2v) is 7.50. The summed E-state index contributed by atoms with van der Waals surface area (Å²) >= 11 is 0. The number of sulfonamides is 1. The number of fused-ring (bicyclic) bond motifs is 5. The summed E-state index contributed by atoms with van der Waals surface area (Å²) in [5.41, 5.74) is 0.359. The van der Waals surface area contributed by atoms with Crippen molar-refractivity contribution < 1.29 is 8.42 Å². The Morgan fingerprint density at radius 2 is 1.86 bits per heavy atom. The van der Waals surface area contributed by atoms with Gasteiger partial charge in [0.05, 0.1) is 5.75 Å². The second-order valence-electron chi connectivity index (χ2n) is 5.70. The van der Waals surface area contributed by atoms with Gasteiger partial charge in [0.2, 0.25) is 10.0 Å². The predicted molar refractivity (Wildman–Crippen MR) is 54.2 cm³/mol. The van der Waals surface area contributed by atoms with E-state index in [1.54, 1.807) is 0 Å². The molecule has 3 rings (SSSR count). The van der Waals surface area contributed by atoms with Crippen LogP contribution < -0.4 is 4.72 Å². The van der Waals surface area contributed by atoms with Crippen LogP contribution in [0.1, 0.15) is 26.7 Å². The van der Waals surface area contributed by atoms with Crippen molar-refractivity contribution >= 4 is 10.0 Å². The van der Waals surface area contributed by atoms with Crippen molar-refractivity contribution in [3.8, 4) is 0 Å². The minimum atomic E-state index is -2.93. The minimum absolute atomic E-state index is 0.258. The molecule has 0 aromatic heterocycles. The summed E-state index contributed by atoms with van der Waals surface area (Å²) in [6.07, 6.45) is 2.44. The Balaban J connectivity index is 2.01. The zero-order chi connectivity index (χ0) is 10.1. The van der Waals surface area contributed by atoms with Gasteiger partial charge in [0, 0.05) is 6.04 Å². The maximum Gasteiger partial charge on any atom is 0.212 e. The van der Waals surface area contributed by atoms with E-state index in [4.69, 9.17) is 0 Å². The smallest absolute Gasteiger partial charge is 0.212 e. The first-order valence-corrected chi connectivity index (χ1v) is 7.07. The van der Waals surface area contributed by atoms with Crippen molar-refractivity contribution in [2.45, 2.75) is 32.7 Å². The van der Waals surface area contributed by atoms with Gasteiger partial charge >= 0.3 is 0 Å². The summed E-state index contributed by atoms with van der Waals surface area (Å²) in [6, 6.07) is 0.258. The van der Waals surface area contributed by atoms with Crippen LogP contribution >= 0.6 is 0 Å². The summed E-state index contributed by atoms with van der Waals surface area (Å²) < 4.78 is 25.8. The van der Waals surface area contributed by atoms with Crippen LogP contribution in [0.2, 0.25) is 0 Å². The third-order valence-corrected chi connectivity index (χ3v) is 6.29. The molecule has 4 heteroatoms. The van der Waals surface area contributed by atoms with E-state index in [0.29, 0.717) is 28.9 Å². The fourth-order valence-corrected chi connectivity index (χ4v) is 6.03. The van der Waals surface area contributed by atoms with Crippen LogP contribution in [0, 0.1) is 23.2 Å². The highest BCUT2D eigenvalue weighted by atomic mass is 32.2. The highest BCUT2D eigenvalue weighted by Gasteiger charge is 2.62. The van der Waals surface area contributed by atoms with Gasteiger partial charge in [-0.1, -0.05) is 13.8 Å². The van der Waals surface area contributed by atoms with E-state index >= 15 is 0 Å². The molecule has 4 atom stereocenters. The molecule has 0 radical (unpaired) electrons. The molecule has 1 aliphatic heterocycles. The first kappa shape index (κ1) is 9.16. The molecule has 3 aliphatic rings. The van der Waals surface area contributed by atoms with E-state index < -0.39 is 10.0 Å². The molecule has 3 fully saturated rings. The van der Waals surface area contributed by atoms with Gasteiger partial charge in [-0.2, -0.15) is 0 Å². The summed E-state index contributed by atoms with van der Waals surface area (Å²) in [7, 11) is -2.93. The zero-order valence-corrected chi connectivity index (χ0v) is 9.47. The van der Waals surface area contributed by atoms with Crippen LogP contribution in [0.3, 0.4) is 0 Å². The molecule has 0 amide bonds. The molecule has 1 N–H and O–H groups in total. The summed E-state index contributed by atoms with van der Waals surface area (Å²) in [5, 5.41) is 0. The molecule has 0 aromatic carbocycles. The Bertz CT molecular complexity index is 346. The molecule has 1 saturated heterocycles. The van der Waals surface area contributed by atoms with Crippen molar-refractivity contribution in [1.82, 2.24) is 4.72 Å². The average Bonchev–Trinajstić information content (AvgIpc) is 2.54. The molecule has 3 nitrogen and oxygen atoms in total. The van der Waals surface area contributed by atoms with Gasteiger partial charge < -0.3 is 0 Å². The van der Waals surface area contributed by atoms with Crippen LogP contribution in [0.5, 0.6) is 0 Å². The molecular formula is C10H17NO2S. The van der Waals surface area contributed by atoms with Gasteiger partial charge in [-0.15, -0.1) is 0 Å². The summed E-state index contributed by atoms with van der Waals surface area (Å²) in [6.45, 7) is 4.61. The number of hydrogen-bond acceptors (Lipinski definition) is 2. The van der Waals surface area contributed by atoms with Crippen molar-refractivity contribution in [3.05, 3.63) is 0 Å². The van der Waals surface area contributed by atoms with Gasteiger partial charge in [0.1, 0.15) is 0 Å². The van der Waals surface area contributed by atoms with Crippen molar-refractivity contribution in [3.63, 3.8) is 0 Å². The normalized spacial score (nSPS) is 52.1. The number of rotatable bonds is 0. The van der Waals surface area contributed by atoms with E-state index in [1.807, 2.05) is 0 Å². The molecule has 1 heterocycles. The fourth-order valence-electron chi connectivity index (χ4n) is 4.23. The third-order valence-electron chi connectivity index (χ3n) is 4.84. The first-order chi connectivity index (χ1) is 6.42. The molecule has 2 saturated carbocycles. The van der Waals surface area contributed by atoms with E-state index in [1.165, 1.54) is 12.8 Å². The maximum absolute atomic E-state index is 11.5. The number of hydrogen-bond donors (Lipinski definition) is 1. The molecule has 0 aromatic rings. The second kappa shape index (κ2) is 2.35. The monoisotopic (exact) mass is 215 g/mol. The lowest BCUT2D eigenvalue weighted by atomic mass is 9.80. The largest absolute Gasteiger partial charge is 0.212 e. The van der Waals surface area contributed by atoms with E-state index in [0.717, 1.165) is 0 Å². The van der Waals surface area contributed by atoms with Gasteiger partial charge in [-0.3, -0.25) is 0 Å². The Labute approximate surface area is 85.3 Å². The lowest BCUT2D eigenvalue weighted by molar-refractivity contribution is 0.240. The Hall–Kier alpha value is -0.0900. The predicted octanol–water partition coefficient (Wildman–Crippen LogP) is 0.970. The SMILES string of the molecule is CC1(C)[C@@H]2CC[C@H]1[C@@H]1CS(=O)(=O)N[C@@H]12. The standard InChI is InChI=1S/C10H17NO2S/c1-10(2)7-3-4-8(10)9-6(7)5-14(12,13)11-9/h6-9,11H,3-5H2,1-2H3/t6-,7-,8+,9-/m0/s1. The molecule has 80 valence electrons. The fraction of sp³-hybridized carbons (Fsp3) is 1.00. The lowest BCUT2D eigenvalue weighted by Crippen LogP contribution is -2.35. The van der Waals surface area contributed by atoms with Gasteiger partial charge in [0.25, 0.3) is 0 Å².